The van der Waals surface area contributed by atoms with Gasteiger partial charge in [0.1, 0.15) is 5.82 Å². The lowest BCUT2D eigenvalue weighted by Gasteiger charge is -2.26. The van der Waals surface area contributed by atoms with E-state index in [1.165, 1.54) is 12.3 Å². The van der Waals surface area contributed by atoms with Crippen LogP contribution in [0.2, 0.25) is 0 Å². The number of fused-ring (bicyclic) bond motifs is 1. The van der Waals surface area contributed by atoms with Gasteiger partial charge in [0, 0.05) is 13.2 Å². The van der Waals surface area contributed by atoms with Crippen LogP contribution in [0.1, 0.15) is 12.5 Å². The molecule has 3 rings (SSSR count). The minimum atomic E-state index is -0.293. The molecule has 23 heavy (non-hydrogen) atoms. The van der Waals surface area contributed by atoms with Crippen LogP contribution >= 0.6 is 0 Å². The third-order valence-electron chi connectivity index (χ3n) is 4.22. The first-order valence-corrected chi connectivity index (χ1v) is 7.34. The first-order valence-electron chi connectivity index (χ1n) is 7.34. The number of aromatic nitrogens is 2. The minimum absolute atomic E-state index is 0.260. The predicted molar refractivity (Wildman–Crippen MR) is 89.7 cm³/mol. The van der Waals surface area contributed by atoms with Crippen LogP contribution in [0.5, 0.6) is 0 Å². The molecule has 1 atom stereocenters. The maximum absolute atomic E-state index is 14.3. The van der Waals surface area contributed by atoms with Crippen molar-refractivity contribution in [1.82, 2.24) is 9.78 Å². The van der Waals surface area contributed by atoms with E-state index in [-0.39, 0.29) is 11.9 Å². The fraction of sp³-hybridized carbons (Fsp3) is 0.294. The molecular formula is C17H19FN4O. The van der Waals surface area contributed by atoms with E-state index in [1.54, 1.807) is 17.9 Å². The molecule has 5 nitrogen and oxygen atoms in total. The maximum atomic E-state index is 14.3. The molecule has 1 aliphatic heterocycles. The molecule has 1 aromatic carbocycles. The molecule has 1 unspecified atom stereocenters. The summed E-state index contributed by atoms with van der Waals surface area (Å²) in [4.78, 5) is 3.84. The molecule has 0 saturated carbocycles. The Morgan fingerprint density at radius 2 is 2.35 bits per heavy atom. The van der Waals surface area contributed by atoms with Gasteiger partial charge in [-0.25, -0.2) is 4.39 Å². The third kappa shape index (κ3) is 2.71. The second-order valence-electron chi connectivity index (χ2n) is 5.65. The van der Waals surface area contributed by atoms with Gasteiger partial charge in [-0.05, 0) is 48.1 Å². The van der Waals surface area contributed by atoms with E-state index in [9.17, 15) is 4.39 Å². The SMILES string of the molecule is C=N/C=C1\C(=C(/C)c2cc(F)c3cnn(C)c3c2)COCC1N. The summed E-state index contributed by atoms with van der Waals surface area (Å²) in [6, 6.07) is 3.18. The number of hydrogen-bond donors (Lipinski definition) is 1. The van der Waals surface area contributed by atoms with E-state index in [0.29, 0.717) is 18.6 Å². The molecule has 1 aromatic heterocycles. The average Bonchev–Trinajstić information content (AvgIpc) is 2.91. The molecule has 2 aromatic rings. The van der Waals surface area contributed by atoms with Crippen LogP contribution < -0.4 is 5.73 Å². The quantitative estimate of drug-likeness (QED) is 0.866. The van der Waals surface area contributed by atoms with Gasteiger partial charge >= 0.3 is 0 Å². The number of halogens is 1. The number of hydrogen-bond acceptors (Lipinski definition) is 4. The fourth-order valence-electron chi connectivity index (χ4n) is 2.88. The summed E-state index contributed by atoms with van der Waals surface area (Å²) in [5, 5.41) is 4.62. The highest BCUT2D eigenvalue weighted by molar-refractivity contribution is 5.85. The number of benzene rings is 1. The number of nitrogens with zero attached hydrogens (tertiary/aromatic N) is 3. The molecule has 1 aliphatic rings. The smallest absolute Gasteiger partial charge is 0.134 e. The van der Waals surface area contributed by atoms with Gasteiger partial charge in [-0.15, -0.1) is 0 Å². The van der Waals surface area contributed by atoms with E-state index in [1.807, 2.05) is 13.0 Å². The van der Waals surface area contributed by atoms with Crippen molar-refractivity contribution >= 4 is 23.2 Å². The Labute approximate surface area is 133 Å². The summed E-state index contributed by atoms with van der Waals surface area (Å²) in [6.07, 6.45) is 3.19. The monoisotopic (exact) mass is 314 g/mol. The van der Waals surface area contributed by atoms with Crippen molar-refractivity contribution in [3.05, 3.63) is 47.1 Å². The van der Waals surface area contributed by atoms with Crippen LogP contribution in [0.25, 0.3) is 16.5 Å². The van der Waals surface area contributed by atoms with Crippen molar-refractivity contribution in [2.24, 2.45) is 17.8 Å². The van der Waals surface area contributed by atoms with Gasteiger partial charge in [-0.2, -0.15) is 5.10 Å². The van der Waals surface area contributed by atoms with Crippen molar-refractivity contribution in [3.63, 3.8) is 0 Å². The standard InChI is InChI=1S/C17H19FN4O/c1-10(14-8-23-9-16(19)12(14)6-20-2)11-4-15(18)13-7-21-22(3)17(13)5-11/h4-7,16H,2,8-9,19H2,1,3H3/b12-6+,14-10+. The number of ether oxygens (including phenoxy) is 1. The van der Waals surface area contributed by atoms with Crippen LogP contribution in [-0.4, -0.2) is 35.8 Å². The van der Waals surface area contributed by atoms with Crippen molar-refractivity contribution in [3.8, 4) is 0 Å². The summed E-state index contributed by atoms with van der Waals surface area (Å²) < 4.78 is 21.5. The number of aryl methyl sites for hydroxylation is 1. The zero-order valence-electron chi connectivity index (χ0n) is 13.2. The van der Waals surface area contributed by atoms with Crippen molar-refractivity contribution in [2.75, 3.05) is 13.2 Å². The van der Waals surface area contributed by atoms with Crippen LogP contribution in [0.4, 0.5) is 4.39 Å². The van der Waals surface area contributed by atoms with E-state index >= 15 is 0 Å². The Morgan fingerprint density at radius 3 is 3.09 bits per heavy atom. The van der Waals surface area contributed by atoms with E-state index in [0.717, 1.165) is 27.8 Å². The summed E-state index contributed by atoms with van der Waals surface area (Å²) in [6.45, 7) is 6.29. The molecule has 1 fully saturated rings. The second kappa shape index (κ2) is 6.06. The van der Waals surface area contributed by atoms with Crippen molar-refractivity contribution in [2.45, 2.75) is 13.0 Å². The van der Waals surface area contributed by atoms with E-state index in [4.69, 9.17) is 10.5 Å². The highest BCUT2D eigenvalue weighted by atomic mass is 19.1. The molecule has 6 heteroatoms. The van der Waals surface area contributed by atoms with Gasteiger partial charge in [-0.3, -0.25) is 9.67 Å². The number of rotatable bonds is 2. The van der Waals surface area contributed by atoms with Gasteiger partial charge in [-0.1, -0.05) is 0 Å². The lowest BCUT2D eigenvalue weighted by Crippen LogP contribution is -2.35. The molecule has 0 amide bonds. The number of allylic oxidation sites excluding steroid dienone is 1. The van der Waals surface area contributed by atoms with Crippen LogP contribution in [-0.2, 0) is 11.8 Å². The van der Waals surface area contributed by atoms with Crippen LogP contribution in [0.3, 0.4) is 0 Å². The fourth-order valence-corrected chi connectivity index (χ4v) is 2.88. The van der Waals surface area contributed by atoms with Gasteiger partial charge in [0.2, 0.25) is 0 Å². The van der Waals surface area contributed by atoms with Gasteiger partial charge < -0.3 is 10.5 Å². The zero-order chi connectivity index (χ0) is 16.6. The number of aliphatic imine (C=N–C) groups is 1. The molecule has 120 valence electrons. The third-order valence-corrected chi connectivity index (χ3v) is 4.22. The molecular weight excluding hydrogens is 295 g/mol. The molecule has 0 aliphatic carbocycles. The van der Waals surface area contributed by atoms with E-state index in [2.05, 4.69) is 16.8 Å². The largest absolute Gasteiger partial charge is 0.375 e. The topological polar surface area (TPSA) is 65.4 Å². The van der Waals surface area contributed by atoms with Crippen LogP contribution in [0, 0.1) is 5.82 Å². The molecule has 0 bridgehead atoms. The molecule has 1 saturated heterocycles. The Kier molecular flexibility index (Phi) is 4.11. The Morgan fingerprint density at radius 1 is 1.57 bits per heavy atom. The zero-order valence-corrected chi connectivity index (χ0v) is 13.2. The van der Waals surface area contributed by atoms with Gasteiger partial charge in [0.05, 0.1) is 36.4 Å². The molecule has 0 spiro atoms. The lowest BCUT2D eigenvalue weighted by molar-refractivity contribution is 0.134. The highest BCUT2D eigenvalue weighted by Crippen LogP contribution is 2.31. The first-order chi connectivity index (χ1) is 11.0. The Hall–Kier alpha value is -2.31. The van der Waals surface area contributed by atoms with Crippen molar-refractivity contribution < 1.29 is 9.13 Å². The first kappa shape index (κ1) is 15.6. The maximum Gasteiger partial charge on any atom is 0.134 e. The average molecular weight is 314 g/mol. The summed E-state index contributed by atoms with van der Waals surface area (Å²) >= 11 is 0. The van der Waals surface area contributed by atoms with Gasteiger partial charge in [0.25, 0.3) is 0 Å². The molecule has 2 heterocycles. The van der Waals surface area contributed by atoms with Crippen molar-refractivity contribution in [1.29, 1.82) is 0 Å². The lowest BCUT2D eigenvalue weighted by atomic mass is 9.91. The Bertz CT molecular complexity index is 834. The summed E-state index contributed by atoms with van der Waals surface area (Å²) in [5.41, 5.74) is 10.3. The predicted octanol–water partition coefficient (Wildman–Crippen LogP) is 2.43. The van der Waals surface area contributed by atoms with Crippen LogP contribution in [0.15, 0.2) is 40.7 Å². The normalized spacial score (nSPS) is 22.6. The molecule has 0 radical (unpaired) electrons. The summed E-state index contributed by atoms with van der Waals surface area (Å²) in [5.74, 6) is -0.293. The van der Waals surface area contributed by atoms with Gasteiger partial charge in [0.15, 0.2) is 0 Å². The Balaban J connectivity index is 2.17. The number of nitrogens with two attached hydrogens (primary N) is 1. The molecule has 2 N–H and O–H groups in total. The minimum Gasteiger partial charge on any atom is -0.375 e. The highest BCUT2D eigenvalue weighted by Gasteiger charge is 2.23. The summed E-state index contributed by atoms with van der Waals surface area (Å²) in [7, 11) is 1.79. The second-order valence-corrected chi connectivity index (χ2v) is 5.65. The van der Waals surface area contributed by atoms with E-state index < -0.39 is 0 Å².